The zero-order valence-electron chi connectivity index (χ0n) is 36.4. The van der Waals surface area contributed by atoms with Gasteiger partial charge in [0.25, 0.3) is 0 Å². The third-order valence-electron chi connectivity index (χ3n) is 15.3. The molecule has 4 saturated carbocycles. The van der Waals surface area contributed by atoms with Crippen LogP contribution >= 0.6 is 0 Å². The highest BCUT2D eigenvalue weighted by Crippen LogP contribution is 2.60. The summed E-state index contributed by atoms with van der Waals surface area (Å²) < 4.78 is 14.2. The summed E-state index contributed by atoms with van der Waals surface area (Å²) >= 11 is 0. The summed E-state index contributed by atoms with van der Waals surface area (Å²) in [6.07, 6.45) is 28.7. The monoisotopic (exact) mass is 751 g/mol. The molecule has 4 rings (SSSR count). The number of carbonyl (C=O) groups excluding carboxylic acids is 1. The molecule has 4 aliphatic rings. The normalized spacial score (nSPS) is 30.7. The van der Waals surface area contributed by atoms with E-state index in [4.69, 9.17) is 15.4 Å². The molecule has 0 aromatic carbocycles. The molecule has 0 aliphatic heterocycles. The van der Waals surface area contributed by atoms with Gasteiger partial charge in [-0.2, -0.15) is 0 Å². The summed E-state index contributed by atoms with van der Waals surface area (Å²) in [7, 11) is -3.94. The lowest BCUT2D eigenvalue weighted by molar-refractivity contribution is -0.119. The van der Waals surface area contributed by atoms with Gasteiger partial charge in [0.1, 0.15) is 0 Å². The number of allylic oxidation sites excluding steroid dienone is 5. The number of carbonyl (C=O) groups is 1. The van der Waals surface area contributed by atoms with Crippen LogP contribution in [0.2, 0.25) is 36.3 Å². The maximum Gasteiger partial charge on any atom is 0.192 e. The molecule has 6 atom stereocenters. The van der Waals surface area contributed by atoms with Crippen molar-refractivity contribution in [3.8, 4) is 0 Å². The minimum absolute atomic E-state index is 0.0115. The molecule has 0 saturated heterocycles. The van der Waals surface area contributed by atoms with Crippen LogP contribution in [-0.4, -0.2) is 34.6 Å². The van der Waals surface area contributed by atoms with Crippen molar-refractivity contribution in [2.75, 3.05) is 0 Å². The van der Waals surface area contributed by atoms with Crippen molar-refractivity contribution in [3.63, 3.8) is 0 Å². The topological polar surface area (TPSA) is 35.5 Å². The number of rotatable bonds is 16. The van der Waals surface area contributed by atoms with Crippen molar-refractivity contribution in [2.24, 2.45) is 28.6 Å². The Bertz CT molecular complexity index is 1330. The van der Waals surface area contributed by atoms with Gasteiger partial charge in [0.05, 0.1) is 12.2 Å². The van der Waals surface area contributed by atoms with E-state index in [9.17, 15) is 4.79 Å². The Labute approximate surface area is 324 Å². The predicted octanol–water partition coefficient (Wildman–Crippen LogP) is 14.5. The molecule has 4 fully saturated rings. The molecule has 0 radical (unpaired) electrons. The second-order valence-corrected chi connectivity index (χ2v) is 30.8. The minimum Gasteiger partial charge on any atom is -0.413 e. The number of hydrogen-bond donors (Lipinski definition) is 0. The van der Waals surface area contributed by atoms with Crippen LogP contribution < -0.4 is 0 Å². The average molecular weight is 751 g/mol. The van der Waals surface area contributed by atoms with Crippen LogP contribution in [-0.2, 0) is 13.6 Å². The predicted molar refractivity (Wildman–Crippen MR) is 230 cm³/mol. The lowest BCUT2D eigenvalue weighted by atomic mass is 9.61. The second-order valence-electron chi connectivity index (χ2n) is 21.2. The first kappa shape index (κ1) is 43.7. The lowest BCUT2D eigenvalue weighted by Crippen LogP contribution is -2.49. The van der Waals surface area contributed by atoms with Gasteiger partial charge in [-0.25, -0.2) is 0 Å². The van der Waals surface area contributed by atoms with E-state index in [1.54, 1.807) is 5.57 Å². The highest BCUT2D eigenvalue weighted by Gasteiger charge is 2.51. The summed E-state index contributed by atoms with van der Waals surface area (Å²) in [4.78, 5) is 13.5. The van der Waals surface area contributed by atoms with Crippen LogP contribution in [0.15, 0.2) is 47.6 Å². The van der Waals surface area contributed by atoms with E-state index >= 15 is 0 Å². The van der Waals surface area contributed by atoms with Gasteiger partial charge in [0.15, 0.2) is 22.4 Å². The second kappa shape index (κ2) is 17.0. The van der Waals surface area contributed by atoms with Gasteiger partial charge >= 0.3 is 0 Å². The summed E-state index contributed by atoms with van der Waals surface area (Å²) in [6.45, 7) is 35.5. The first-order chi connectivity index (χ1) is 24.1. The lowest BCUT2D eigenvalue weighted by Gasteiger charge is -2.45. The van der Waals surface area contributed by atoms with Crippen LogP contribution in [0.1, 0.15) is 165 Å². The van der Waals surface area contributed by atoms with Gasteiger partial charge in [-0.15, -0.1) is 0 Å². The van der Waals surface area contributed by atoms with Gasteiger partial charge in [-0.05, 0) is 134 Å². The molecule has 296 valence electrons. The standard InChI is InChI=1S/C47H82O3Si2/c1-15-16-17-18-19-20-30-47(31-32-47)43(48)28-23-35(2)40-26-27-41-37(22-21-29-46(40,41)10)24-25-38-33-39(49-51(11,12)44(4,5)6)34-42(36(38)3)50-52(13,14)45(7,8)9/h23-25,28,35,39-42H,3,15-22,26-27,29-34H2,1-2,4-14H3/b28-23+,37-24+,38-25-/t35-,39-,40-,41+,42+,46-/m1/s1. The first-order valence-corrected chi connectivity index (χ1v) is 27.6. The van der Waals surface area contributed by atoms with Gasteiger partial charge in [0.2, 0.25) is 0 Å². The van der Waals surface area contributed by atoms with Crippen LogP contribution in [0, 0.1) is 28.6 Å². The molecule has 0 aromatic heterocycles. The average Bonchev–Trinajstić information content (AvgIpc) is 3.74. The van der Waals surface area contributed by atoms with E-state index in [1.165, 1.54) is 81.8 Å². The minimum atomic E-state index is -2.00. The van der Waals surface area contributed by atoms with Crippen LogP contribution in [0.3, 0.4) is 0 Å². The van der Waals surface area contributed by atoms with Crippen molar-refractivity contribution in [1.29, 1.82) is 0 Å². The zero-order chi connectivity index (χ0) is 38.8. The molecule has 52 heavy (non-hydrogen) atoms. The molecular weight excluding hydrogens is 669 g/mol. The fraction of sp³-hybridized carbons (Fsp3) is 0.809. The van der Waals surface area contributed by atoms with Gasteiger partial charge in [0, 0.05) is 11.8 Å². The zero-order valence-corrected chi connectivity index (χ0v) is 38.4. The molecule has 0 aromatic rings. The van der Waals surface area contributed by atoms with Crippen LogP contribution in [0.4, 0.5) is 0 Å². The smallest absolute Gasteiger partial charge is 0.192 e. The van der Waals surface area contributed by atoms with E-state index < -0.39 is 16.6 Å². The first-order valence-electron chi connectivity index (χ1n) is 21.7. The molecule has 0 spiro atoms. The number of hydrogen-bond acceptors (Lipinski definition) is 3. The molecule has 0 unspecified atom stereocenters. The Balaban J connectivity index is 1.48. The van der Waals surface area contributed by atoms with E-state index in [0.29, 0.717) is 23.5 Å². The summed E-state index contributed by atoms with van der Waals surface area (Å²) in [5.41, 5.74) is 4.40. The van der Waals surface area contributed by atoms with Crippen LogP contribution in [0.25, 0.3) is 0 Å². The highest BCUT2D eigenvalue weighted by molar-refractivity contribution is 6.74. The molecule has 5 heteroatoms. The molecule has 0 N–H and O–H groups in total. The summed E-state index contributed by atoms with van der Waals surface area (Å²) in [5, 5.41) is 0.311. The molecular formula is C47H82O3Si2. The van der Waals surface area contributed by atoms with Gasteiger partial charge in [-0.3, -0.25) is 4.79 Å². The Morgan fingerprint density at radius 3 is 2.13 bits per heavy atom. The Hall–Kier alpha value is -1.02. The fourth-order valence-corrected chi connectivity index (χ4v) is 12.1. The van der Waals surface area contributed by atoms with E-state index in [1.807, 2.05) is 6.08 Å². The van der Waals surface area contributed by atoms with E-state index in [2.05, 4.69) is 107 Å². The fourth-order valence-electron chi connectivity index (χ4n) is 9.47. The van der Waals surface area contributed by atoms with Crippen LogP contribution in [0.5, 0.6) is 0 Å². The SMILES string of the molecule is C=C1/C(=C\C=C2/CCC[C@]3(C)[C@@H]([C@H](C)/C=C/C(=O)C4(CCCCCCCC)CC4)CC[C@@H]23)C[C@@H](O[Si](C)(C)C(C)(C)C)C[C@@H]1O[Si](C)(C)C(C)(C)C. The van der Waals surface area contributed by atoms with Crippen molar-refractivity contribution < 1.29 is 13.6 Å². The maximum atomic E-state index is 13.5. The number of unbranched alkanes of at least 4 members (excludes halogenated alkanes) is 5. The third-order valence-corrected chi connectivity index (χ3v) is 24.4. The Morgan fingerprint density at radius 1 is 0.904 bits per heavy atom. The van der Waals surface area contributed by atoms with Crippen molar-refractivity contribution in [1.82, 2.24) is 0 Å². The van der Waals surface area contributed by atoms with E-state index in [0.717, 1.165) is 32.1 Å². The quantitative estimate of drug-likeness (QED) is 0.0895. The molecule has 3 nitrogen and oxygen atoms in total. The number of fused-ring (bicyclic) bond motifs is 1. The Kier molecular flexibility index (Phi) is 14.3. The summed E-state index contributed by atoms with van der Waals surface area (Å²) in [5.74, 6) is 2.09. The van der Waals surface area contributed by atoms with E-state index in [-0.39, 0.29) is 33.1 Å². The largest absolute Gasteiger partial charge is 0.413 e. The van der Waals surface area contributed by atoms with Crippen molar-refractivity contribution >= 4 is 22.4 Å². The number of ketones is 1. The molecule has 4 aliphatic carbocycles. The Morgan fingerprint density at radius 2 is 1.52 bits per heavy atom. The molecule has 0 bridgehead atoms. The van der Waals surface area contributed by atoms with Crippen molar-refractivity contribution in [2.45, 2.75) is 214 Å². The molecule has 0 amide bonds. The summed E-state index contributed by atoms with van der Waals surface area (Å²) in [6, 6.07) is 0. The highest BCUT2D eigenvalue weighted by atomic mass is 28.4. The van der Waals surface area contributed by atoms with Gasteiger partial charge in [-0.1, -0.05) is 131 Å². The van der Waals surface area contributed by atoms with Crippen molar-refractivity contribution in [3.05, 3.63) is 47.6 Å². The van der Waals surface area contributed by atoms with Gasteiger partial charge < -0.3 is 8.85 Å². The third kappa shape index (κ3) is 10.2. The maximum absolute atomic E-state index is 13.5. The molecule has 0 heterocycles.